The van der Waals surface area contributed by atoms with E-state index >= 15 is 0 Å². The van der Waals surface area contributed by atoms with Gasteiger partial charge >= 0.3 is 5.97 Å². The highest BCUT2D eigenvalue weighted by Crippen LogP contribution is 2.23. The number of hydrogen-bond acceptors (Lipinski definition) is 2. The van der Waals surface area contributed by atoms with E-state index in [1.807, 2.05) is 37.3 Å². The Morgan fingerprint density at radius 3 is 2.24 bits per heavy atom. The normalized spacial score (nSPS) is 9.94. The lowest BCUT2D eigenvalue weighted by atomic mass is 10.1. The molecule has 0 saturated heterocycles. The predicted molar refractivity (Wildman–Crippen MR) is 67.9 cm³/mol. The van der Waals surface area contributed by atoms with E-state index in [-0.39, 0.29) is 5.56 Å². The second kappa shape index (κ2) is 4.70. The average molecular weight is 227 g/mol. The molecule has 2 aromatic carbocycles. The third-order valence-electron chi connectivity index (χ3n) is 2.57. The van der Waals surface area contributed by atoms with Crippen LogP contribution in [0.2, 0.25) is 0 Å². The first kappa shape index (κ1) is 11.2. The van der Waals surface area contributed by atoms with Crippen molar-refractivity contribution in [2.45, 2.75) is 6.92 Å². The molecule has 2 rings (SSSR count). The van der Waals surface area contributed by atoms with Crippen molar-refractivity contribution >= 4 is 17.3 Å². The van der Waals surface area contributed by atoms with Crippen molar-refractivity contribution < 1.29 is 9.90 Å². The minimum Gasteiger partial charge on any atom is -0.478 e. The van der Waals surface area contributed by atoms with Crippen molar-refractivity contribution in [2.75, 3.05) is 5.32 Å². The lowest BCUT2D eigenvalue weighted by Crippen LogP contribution is -2.02. The van der Waals surface area contributed by atoms with Crippen LogP contribution in [0.3, 0.4) is 0 Å². The van der Waals surface area contributed by atoms with Crippen LogP contribution >= 0.6 is 0 Å². The molecule has 0 heterocycles. The summed E-state index contributed by atoms with van der Waals surface area (Å²) < 4.78 is 0. The third-order valence-corrected chi connectivity index (χ3v) is 2.57. The smallest absolute Gasteiger partial charge is 0.337 e. The first-order valence-corrected chi connectivity index (χ1v) is 5.33. The highest BCUT2D eigenvalue weighted by Gasteiger charge is 2.09. The molecule has 0 aliphatic heterocycles. The quantitative estimate of drug-likeness (QED) is 0.844. The summed E-state index contributed by atoms with van der Waals surface area (Å²) >= 11 is 0. The van der Waals surface area contributed by atoms with Gasteiger partial charge in [-0.15, -0.1) is 0 Å². The fraction of sp³-hybridized carbons (Fsp3) is 0.0714. The van der Waals surface area contributed by atoms with Crippen molar-refractivity contribution in [1.82, 2.24) is 0 Å². The monoisotopic (exact) mass is 227 g/mol. The Hall–Kier alpha value is -2.29. The van der Waals surface area contributed by atoms with Gasteiger partial charge in [-0.05, 0) is 30.7 Å². The maximum atomic E-state index is 11.1. The van der Waals surface area contributed by atoms with Crippen LogP contribution in [0.25, 0.3) is 0 Å². The average Bonchev–Trinajstić information content (AvgIpc) is 2.32. The Balaban J connectivity index is 2.37. The molecule has 0 amide bonds. The Bertz CT molecular complexity index is 549. The van der Waals surface area contributed by atoms with E-state index < -0.39 is 5.97 Å². The molecule has 0 aliphatic rings. The molecule has 3 nitrogen and oxygen atoms in total. The summed E-state index contributed by atoms with van der Waals surface area (Å²) in [5, 5.41) is 12.2. The van der Waals surface area contributed by atoms with Gasteiger partial charge in [-0.3, -0.25) is 0 Å². The maximum Gasteiger partial charge on any atom is 0.337 e. The SMILES string of the molecule is Cc1ccccc1Nc1ccccc1C(=O)O. The first-order valence-electron chi connectivity index (χ1n) is 5.33. The molecule has 3 heteroatoms. The molecule has 0 radical (unpaired) electrons. The lowest BCUT2D eigenvalue weighted by Gasteiger charge is -2.11. The van der Waals surface area contributed by atoms with E-state index in [1.165, 1.54) is 0 Å². The van der Waals surface area contributed by atoms with Crippen LogP contribution in [0.5, 0.6) is 0 Å². The fourth-order valence-electron chi connectivity index (χ4n) is 1.64. The summed E-state index contributed by atoms with van der Waals surface area (Å²) in [6.45, 7) is 1.98. The summed E-state index contributed by atoms with van der Waals surface area (Å²) in [4.78, 5) is 11.1. The van der Waals surface area contributed by atoms with Crippen LogP contribution in [0.4, 0.5) is 11.4 Å². The molecule has 0 saturated carbocycles. The fourth-order valence-corrected chi connectivity index (χ4v) is 1.64. The third kappa shape index (κ3) is 2.45. The van der Waals surface area contributed by atoms with Crippen LogP contribution in [0, 0.1) is 6.92 Å². The number of aryl methyl sites for hydroxylation is 1. The largest absolute Gasteiger partial charge is 0.478 e. The molecule has 0 atom stereocenters. The number of carboxylic acid groups (broad SMARTS) is 1. The molecule has 86 valence electrons. The van der Waals surface area contributed by atoms with E-state index in [0.29, 0.717) is 5.69 Å². The van der Waals surface area contributed by atoms with Gasteiger partial charge in [0.2, 0.25) is 0 Å². The first-order chi connectivity index (χ1) is 8.18. The summed E-state index contributed by atoms with van der Waals surface area (Å²) in [5.41, 5.74) is 2.87. The number of nitrogens with one attached hydrogen (secondary N) is 1. The standard InChI is InChI=1S/C14H13NO2/c1-10-6-2-4-8-12(10)15-13-9-5-3-7-11(13)14(16)17/h2-9,15H,1H3,(H,16,17). The molecule has 0 spiro atoms. The molecule has 0 fully saturated rings. The second-order valence-electron chi connectivity index (χ2n) is 3.79. The zero-order chi connectivity index (χ0) is 12.3. The van der Waals surface area contributed by atoms with Crippen LogP contribution < -0.4 is 5.32 Å². The van der Waals surface area contributed by atoms with Gasteiger partial charge in [0.1, 0.15) is 0 Å². The number of carboxylic acids is 1. The minimum absolute atomic E-state index is 0.274. The molecule has 0 bridgehead atoms. The summed E-state index contributed by atoms with van der Waals surface area (Å²) in [6.07, 6.45) is 0. The van der Waals surface area contributed by atoms with E-state index in [1.54, 1.807) is 18.2 Å². The van der Waals surface area contributed by atoms with Crippen molar-refractivity contribution in [3.63, 3.8) is 0 Å². The van der Waals surface area contributed by atoms with E-state index in [2.05, 4.69) is 5.32 Å². The maximum absolute atomic E-state index is 11.1. The topological polar surface area (TPSA) is 49.3 Å². The zero-order valence-electron chi connectivity index (χ0n) is 9.47. The molecule has 0 unspecified atom stereocenters. The number of hydrogen-bond donors (Lipinski definition) is 2. The van der Waals surface area contributed by atoms with E-state index in [0.717, 1.165) is 11.3 Å². The Morgan fingerprint density at radius 2 is 1.59 bits per heavy atom. The molecule has 17 heavy (non-hydrogen) atoms. The number of carbonyl (C=O) groups is 1. The van der Waals surface area contributed by atoms with Crippen molar-refractivity contribution in [3.05, 3.63) is 59.7 Å². The second-order valence-corrected chi connectivity index (χ2v) is 3.79. The molecule has 2 N–H and O–H groups in total. The highest BCUT2D eigenvalue weighted by atomic mass is 16.4. The van der Waals surface area contributed by atoms with Gasteiger partial charge < -0.3 is 10.4 Å². The van der Waals surface area contributed by atoms with Crippen molar-refractivity contribution in [2.24, 2.45) is 0 Å². The summed E-state index contributed by atoms with van der Waals surface area (Å²) in [7, 11) is 0. The number of rotatable bonds is 3. The van der Waals surface area contributed by atoms with Crippen LogP contribution in [0.15, 0.2) is 48.5 Å². The van der Waals surface area contributed by atoms with Crippen LogP contribution in [-0.4, -0.2) is 11.1 Å². The molecular formula is C14H13NO2. The highest BCUT2D eigenvalue weighted by molar-refractivity contribution is 5.95. The number of anilines is 2. The number of para-hydroxylation sites is 2. The zero-order valence-corrected chi connectivity index (χ0v) is 9.47. The van der Waals surface area contributed by atoms with Gasteiger partial charge in [0.05, 0.1) is 11.3 Å². The molecule has 0 aliphatic carbocycles. The van der Waals surface area contributed by atoms with Gasteiger partial charge in [-0.2, -0.15) is 0 Å². The number of benzene rings is 2. The van der Waals surface area contributed by atoms with E-state index in [9.17, 15) is 4.79 Å². The molecule has 0 aromatic heterocycles. The van der Waals surface area contributed by atoms with Gasteiger partial charge in [0.25, 0.3) is 0 Å². The van der Waals surface area contributed by atoms with Gasteiger partial charge in [-0.25, -0.2) is 4.79 Å². The Kier molecular flexibility index (Phi) is 3.10. The Morgan fingerprint density at radius 1 is 1.00 bits per heavy atom. The molecule has 2 aromatic rings. The predicted octanol–water partition coefficient (Wildman–Crippen LogP) is 3.44. The molecular weight excluding hydrogens is 214 g/mol. The summed E-state index contributed by atoms with van der Waals surface area (Å²) in [5.74, 6) is -0.929. The van der Waals surface area contributed by atoms with Gasteiger partial charge in [0.15, 0.2) is 0 Å². The van der Waals surface area contributed by atoms with Crippen LogP contribution in [-0.2, 0) is 0 Å². The van der Waals surface area contributed by atoms with Crippen molar-refractivity contribution in [3.8, 4) is 0 Å². The number of aromatic carboxylic acids is 1. The van der Waals surface area contributed by atoms with Crippen molar-refractivity contribution in [1.29, 1.82) is 0 Å². The van der Waals surface area contributed by atoms with Gasteiger partial charge in [-0.1, -0.05) is 30.3 Å². The minimum atomic E-state index is -0.929. The lowest BCUT2D eigenvalue weighted by molar-refractivity contribution is 0.0698. The summed E-state index contributed by atoms with van der Waals surface area (Å²) in [6, 6.07) is 14.6. The van der Waals surface area contributed by atoms with E-state index in [4.69, 9.17) is 5.11 Å². The van der Waals surface area contributed by atoms with Crippen LogP contribution in [0.1, 0.15) is 15.9 Å². The van der Waals surface area contributed by atoms with Gasteiger partial charge in [0, 0.05) is 5.69 Å². The Labute approximate surface area is 99.7 Å².